The van der Waals surface area contributed by atoms with Crippen molar-refractivity contribution in [1.29, 1.82) is 0 Å². The van der Waals surface area contributed by atoms with Crippen LogP contribution in [0.4, 0.5) is 8.78 Å². The molecule has 0 aliphatic carbocycles. The highest BCUT2D eigenvalue weighted by molar-refractivity contribution is 7.27. The summed E-state index contributed by atoms with van der Waals surface area (Å²) in [4.78, 5) is 15.9. The minimum atomic E-state index is -0.684. The summed E-state index contributed by atoms with van der Waals surface area (Å²) in [6.07, 6.45) is 2.67. The van der Waals surface area contributed by atoms with E-state index in [1.165, 1.54) is 36.1 Å². The number of methoxy groups -OCH3 is 1. The Labute approximate surface area is 134 Å². The van der Waals surface area contributed by atoms with Crippen LogP contribution in [0.1, 0.15) is 27.6 Å². The van der Waals surface area contributed by atoms with Gasteiger partial charge in [0.1, 0.15) is 11.6 Å². The van der Waals surface area contributed by atoms with Crippen molar-refractivity contribution < 1.29 is 18.3 Å². The molecule has 0 aliphatic heterocycles. The molecule has 1 aromatic carbocycles. The normalized spacial score (nSPS) is 10.4. The van der Waals surface area contributed by atoms with Gasteiger partial charge >= 0.3 is 5.97 Å². The molecule has 0 amide bonds. The fourth-order valence-corrected chi connectivity index (χ4v) is 2.47. The summed E-state index contributed by atoms with van der Waals surface area (Å²) in [5.74, 6) is -2.07. The van der Waals surface area contributed by atoms with E-state index in [4.69, 9.17) is 0 Å². The second kappa shape index (κ2) is 6.84. The molecule has 0 N–H and O–H groups in total. The van der Waals surface area contributed by atoms with Gasteiger partial charge < -0.3 is 4.74 Å². The molecule has 0 saturated heterocycles. The zero-order valence-electron chi connectivity index (χ0n) is 12.5. The average Bonchev–Trinajstić information content (AvgIpc) is 2.91. The number of halogens is 2. The number of carbonyl (C=O) groups is 1. The first-order chi connectivity index (χ1) is 10.9. The van der Waals surface area contributed by atoms with Gasteiger partial charge in [-0.25, -0.2) is 18.6 Å². The fraction of sp³-hybridized carbons (Fsp3) is 0.125. The van der Waals surface area contributed by atoms with Crippen LogP contribution in [-0.2, 0) is 11.2 Å². The quantitative estimate of drug-likeness (QED) is 0.623. The van der Waals surface area contributed by atoms with Crippen molar-refractivity contribution in [2.75, 3.05) is 7.11 Å². The number of imidazole rings is 1. The molecule has 0 radical (unpaired) electrons. The first-order valence-electron chi connectivity index (χ1n) is 6.61. The Morgan fingerprint density at radius 2 is 2.13 bits per heavy atom. The SMILES string of the molecule is C=Cc1c(Cc2c(F)ccc(P)c2F)nc(C(=O)OC)n1C=C. The second-order valence-electron chi connectivity index (χ2n) is 4.62. The van der Waals surface area contributed by atoms with Crippen LogP contribution in [0.2, 0.25) is 0 Å². The molecule has 1 heterocycles. The third-order valence-corrected chi connectivity index (χ3v) is 3.77. The largest absolute Gasteiger partial charge is 0.463 e. The zero-order valence-corrected chi connectivity index (χ0v) is 13.6. The molecule has 2 aromatic rings. The average molecular weight is 336 g/mol. The molecule has 0 saturated carbocycles. The van der Waals surface area contributed by atoms with Crippen LogP contribution in [0.25, 0.3) is 12.3 Å². The summed E-state index contributed by atoms with van der Waals surface area (Å²) in [5, 5.41) is 0.248. The number of hydrogen-bond acceptors (Lipinski definition) is 3. The number of hydrogen-bond donors (Lipinski definition) is 0. The maximum absolute atomic E-state index is 14.2. The van der Waals surface area contributed by atoms with Crippen molar-refractivity contribution in [1.82, 2.24) is 9.55 Å². The topological polar surface area (TPSA) is 44.1 Å². The lowest BCUT2D eigenvalue weighted by Crippen LogP contribution is -2.09. The highest BCUT2D eigenvalue weighted by Crippen LogP contribution is 2.22. The summed E-state index contributed by atoms with van der Waals surface area (Å²) in [7, 11) is 3.42. The molecule has 4 nitrogen and oxygen atoms in total. The molecule has 1 unspecified atom stereocenters. The van der Waals surface area contributed by atoms with Crippen molar-refractivity contribution >= 4 is 32.8 Å². The van der Waals surface area contributed by atoms with Gasteiger partial charge in [0.15, 0.2) is 0 Å². The van der Waals surface area contributed by atoms with Gasteiger partial charge in [-0.3, -0.25) is 4.57 Å². The van der Waals surface area contributed by atoms with Gasteiger partial charge in [0.2, 0.25) is 5.82 Å². The summed E-state index contributed by atoms with van der Waals surface area (Å²) in [6.45, 7) is 7.25. The maximum Gasteiger partial charge on any atom is 0.374 e. The van der Waals surface area contributed by atoms with E-state index in [9.17, 15) is 13.6 Å². The van der Waals surface area contributed by atoms with E-state index in [1.807, 2.05) is 0 Å². The van der Waals surface area contributed by atoms with Gasteiger partial charge in [0.05, 0.1) is 18.5 Å². The third kappa shape index (κ3) is 3.08. The van der Waals surface area contributed by atoms with Gasteiger partial charge in [-0.1, -0.05) is 13.2 Å². The van der Waals surface area contributed by atoms with Crippen molar-refractivity contribution in [3.05, 3.63) is 59.7 Å². The first-order valence-corrected chi connectivity index (χ1v) is 7.19. The molecule has 0 spiro atoms. The van der Waals surface area contributed by atoms with Crippen LogP contribution >= 0.6 is 9.24 Å². The number of benzene rings is 1. The van der Waals surface area contributed by atoms with Crippen LogP contribution in [0.3, 0.4) is 0 Å². The molecule has 0 aliphatic rings. The van der Waals surface area contributed by atoms with Crippen LogP contribution in [0.15, 0.2) is 25.3 Å². The van der Waals surface area contributed by atoms with Crippen molar-refractivity contribution in [3.8, 4) is 0 Å². The van der Waals surface area contributed by atoms with Crippen molar-refractivity contribution in [2.45, 2.75) is 6.42 Å². The number of rotatable bonds is 5. The van der Waals surface area contributed by atoms with E-state index in [2.05, 4.69) is 32.1 Å². The number of esters is 1. The van der Waals surface area contributed by atoms with E-state index in [0.717, 1.165) is 0 Å². The standard InChI is InChI=1S/C16H15F2N2O2P/c1-4-12-11(19-15(16(21)22-3)20(12)5-2)8-9-10(17)6-7-13(23)14(9)18/h4-7H,1-2,8,23H2,3H3. The minimum absolute atomic E-state index is 0.0322. The molecule has 23 heavy (non-hydrogen) atoms. The lowest BCUT2D eigenvalue weighted by molar-refractivity contribution is 0.0585. The summed E-state index contributed by atoms with van der Waals surface area (Å²) in [6, 6.07) is 2.51. The molecule has 0 bridgehead atoms. The number of ether oxygens (including phenoxy) is 1. The van der Waals surface area contributed by atoms with E-state index < -0.39 is 17.6 Å². The van der Waals surface area contributed by atoms with Crippen LogP contribution in [0.5, 0.6) is 0 Å². The predicted octanol–water partition coefficient (Wildman–Crippen LogP) is 2.78. The number of carbonyl (C=O) groups excluding carboxylic acids is 1. The fourth-order valence-electron chi connectivity index (χ4n) is 2.20. The van der Waals surface area contributed by atoms with Crippen molar-refractivity contribution in [3.63, 3.8) is 0 Å². The molecule has 0 fully saturated rings. The van der Waals surface area contributed by atoms with Gasteiger partial charge in [-0.2, -0.15) is 0 Å². The molecule has 1 aromatic heterocycles. The molecular formula is C16H15F2N2O2P. The number of aromatic nitrogens is 2. The second-order valence-corrected chi connectivity index (χ2v) is 5.24. The summed E-state index contributed by atoms with van der Waals surface area (Å²) in [5.41, 5.74) is 0.591. The Hall–Kier alpha value is -2.33. The third-order valence-electron chi connectivity index (χ3n) is 3.33. The monoisotopic (exact) mass is 336 g/mol. The predicted molar refractivity (Wildman–Crippen MR) is 88.6 cm³/mol. The minimum Gasteiger partial charge on any atom is -0.463 e. The molecule has 7 heteroatoms. The molecule has 120 valence electrons. The first kappa shape index (κ1) is 17.0. The lowest BCUT2D eigenvalue weighted by atomic mass is 10.1. The maximum atomic E-state index is 14.2. The Bertz CT molecular complexity index is 800. The van der Waals surface area contributed by atoms with Gasteiger partial charge in [0, 0.05) is 23.5 Å². The number of nitrogens with zero attached hydrogens (tertiary/aromatic N) is 2. The highest BCUT2D eigenvalue weighted by Gasteiger charge is 2.22. The van der Waals surface area contributed by atoms with Gasteiger partial charge in [-0.05, 0) is 18.2 Å². The Morgan fingerprint density at radius 1 is 1.43 bits per heavy atom. The van der Waals surface area contributed by atoms with Crippen molar-refractivity contribution in [2.24, 2.45) is 0 Å². The van der Waals surface area contributed by atoms with E-state index >= 15 is 0 Å². The van der Waals surface area contributed by atoms with E-state index in [-0.39, 0.29) is 23.1 Å². The summed E-state index contributed by atoms with van der Waals surface area (Å²) >= 11 is 0. The Balaban J connectivity index is 2.59. The summed E-state index contributed by atoms with van der Waals surface area (Å²) < 4.78 is 34.1. The van der Waals surface area contributed by atoms with Gasteiger partial charge in [0.25, 0.3) is 0 Å². The van der Waals surface area contributed by atoms with Crippen LogP contribution in [-0.4, -0.2) is 22.6 Å². The molecular weight excluding hydrogens is 321 g/mol. The van der Waals surface area contributed by atoms with Gasteiger partial charge in [-0.15, -0.1) is 9.24 Å². The van der Waals surface area contributed by atoms with Crippen LogP contribution in [0, 0.1) is 11.6 Å². The Morgan fingerprint density at radius 3 is 2.70 bits per heavy atom. The molecule has 2 rings (SSSR count). The van der Waals surface area contributed by atoms with Crippen LogP contribution < -0.4 is 5.30 Å². The van der Waals surface area contributed by atoms with E-state index in [0.29, 0.717) is 11.4 Å². The zero-order chi connectivity index (χ0) is 17.1. The molecule has 1 atom stereocenters. The van der Waals surface area contributed by atoms with E-state index in [1.54, 1.807) is 0 Å². The smallest absolute Gasteiger partial charge is 0.374 e. The lowest BCUT2D eigenvalue weighted by Gasteiger charge is -2.07. The Kier molecular flexibility index (Phi) is 5.06. The highest BCUT2D eigenvalue weighted by atomic mass is 31.0.